The van der Waals surface area contributed by atoms with Crippen molar-refractivity contribution in [1.82, 2.24) is 9.80 Å². The van der Waals surface area contributed by atoms with Crippen molar-refractivity contribution >= 4 is 29.1 Å². The van der Waals surface area contributed by atoms with Gasteiger partial charge in [-0.3, -0.25) is 19.4 Å². The van der Waals surface area contributed by atoms with Crippen molar-refractivity contribution in [3.63, 3.8) is 0 Å². The number of thioether (sulfide) groups is 1. The number of rotatable bonds is 8. The summed E-state index contributed by atoms with van der Waals surface area (Å²) in [5.74, 6) is 0.732. The molecule has 0 aliphatic carbocycles. The summed E-state index contributed by atoms with van der Waals surface area (Å²) >= 11 is 1.41. The number of amides is 2. The molecule has 7 heteroatoms. The monoisotopic (exact) mass is 438 g/mol. The van der Waals surface area contributed by atoms with Gasteiger partial charge in [-0.1, -0.05) is 48.5 Å². The van der Waals surface area contributed by atoms with Crippen molar-refractivity contribution in [3.8, 4) is 5.75 Å². The number of carbonyl (C=O) groups excluding carboxylic acids is 2. The lowest BCUT2D eigenvalue weighted by Gasteiger charge is -2.28. The lowest BCUT2D eigenvalue weighted by Crippen LogP contribution is -2.43. The third-order valence-electron chi connectivity index (χ3n) is 5.47. The summed E-state index contributed by atoms with van der Waals surface area (Å²) in [6, 6.07) is 17.3. The maximum absolute atomic E-state index is 13.4. The average molecular weight is 439 g/mol. The van der Waals surface area contributed by atoms with Gasteiger partial charge in [0.25, 0.3) is 11.8 Å². The van der Waals surface area contributed by atoms with Crippen molar-refractivity contribution in [2.24, 2.45) is 0 Å². The van der Waals surface area contributed by atoms with Gasteiger partial charge in [0.15, 0.2) is 0 Å². The molecule has 4 rings (SSSR count). The van der Waals surface area contributed by atoms with Crippen LogP contribution in [0.3, 0.4) is 0 Å². The maximum Gasteiger partial charge on any atom is 0.268 e. The molecule has 1 saturated heterocycles. The molecule has 6 nitrogen and oxygen atoms in total. The summed E-state index contributed by atoms with van der Waals surface area (Å²) in [5, 5.41) is 0. The van der Waals surface area contributed by atoms with E-state index in [-0.39, 0.29) is 11.8 Å². The van der Waals surface area contributed by atoms with E-state index in [9.17, 15) is 9.59 Å². The number of carbonyl (C=O) groups is 2. The fourth-order valence-electron chi connectivity index (χ4n) is 3.78. The van der Waals surface area contributed by atoms with Gasteiger partial charge in [-0.2, -0.15) is 0 Å². The lowest BCUT2D eigenvalue weighted by atomic mass is 10.1. The first-order chi connectivity index (χ1) is 15.2. The highest BCUT2D eigenvalue weighted by Gasteiger charge is 2.40. The molecule has 0 saturated carbocycles. The van der Waals surface area contributed by atoms with Gasteiger partial charge in [0, 0.05) is 37.5 Å². The molecule has 2 aliphatic heterocycles. The number of para-hydroxylation sites is 1. The first-order valence-electron chi connectivity index (χ1n) is 10.4. The number of methoxy groups -OCH3 is 1. The molecule has 2 aromatic carbocycles. The minimum absolute atomic E-state index is 0.222. The van der Waals surface area contributed by atoms with Crippen LogP contribution in [-0.2, 0) is 20.1 Å². The van der Waals surface area contributed by atoms with Crippen molar-refractivity contribution in [3.05, 3.63) is 70.6 Å². The van der Waals surface area contributed by atoms with E-state index in [0.717, 1.165) is 18.7 Å². The van der Waals surface area contributed by atoms with Crippen LogP contribution in [0, 0.1) is 0 Å². The maximum atomic E-state index is 13.4. The highest BCUT2D eigenvalue weighted by molar-refractivity contribution is 8.03. The number of morpholine rings is 1. The van der Waals surface area contributed by atoms with Crippen molar-refractivity contribution in [1.29, 1.82) is 0 Å². The number of ether oxygens (including phenoxy) is 2. The Morgan fingerprint density at radius 2 is 1.65 bits per heavy atom. The fourth-order valence-corrected chi connectivity index (χ4v) is 4.85. The fraction of sp³-hybridized carbons (Fsp3) is 0.333. The molecular formula is C24H26N2O4S. The number of nitrogens with zero attached hydrogens (tertiary/aromatic N) is 2. The molecule has 0 bridgehead atoms. The molecule has 31 heavy (non-hydrogen) atoms. The smallest absolute Gasteiger partial charge is 0.268 e. The van der Waals surface area contributed by atoms with Crippen LogP contribution in [0.4, 0.5) is 0 Å². The summed E-state index contributed by atoms with van der Waals surface area (Å²) in [7, 11) is 1.58. The van der Waals surface area contributed by atoms with E-state index in [1.807, 2.05) is 54.6 Å². The molecule has 0 N–H and O–H groups in total. The second-order valence-electron chi connectivity index (χ2n) is 7.39. The third-order valence-corrected chi connectivity index (χ3v) is 6.62. The standard InChI is InChI=1S/C24H26N2O4S/c1-29-20-10-6-5-9-19(20)21-22(31-17-18-7-3-2-4-8-18)24(28)26(23(21)27)12-11-25-13-15-30-16-14-25/h2-10H,11-17H2,1H3. The molecule has 0 radical (unpaired) electrons. The molecule has 1 fully saturated rings. The number of benzene rings is 2. The Hall–Kier alpha value is -2.61. The van der Waals surface area contributed by atoms with E-state index in [0.29, 0.717) is 53.8 Å². The van der Waals surface area contributed by atoms with Gasteiger partial charge >= 0.3 is 0 Å². The Morgan fingerprint density at radius 3 is 2.39 bits per heavy atom. The Labute approximate surface area is 186 Å². The van der Waals surface area contributed by atoms with E-state index in [2.05, 4.69) is 4.90 Å². The first-order valence-corrected chi connectivity index (χ1v) is 11.4. The van der Waals surface area contributed by atoms with Crippen LogP contribution in [0.25, 0.3) is 5.57 Å². The Kier molecular flexibility index (Phi) is 7.06. The average Bonchev–Trinajstić information content (AvgIpc) is 3.06. The summed E-state index contributed by atoms with van der Waals surface area (Å²) in [6.45, 7) is 4.02. The van der Waals surface area contributed by atoms with E-state index < -0.39 is 0 Å². The zero-order chi connectivity index (χ0) is 21.6. The van der Waals surface area contributed by atoms with Gasteiger partial charge in [-0.15, -0.1) is 11.8 Å². The highest BCUT2D eigenvalue weighted by atomic mass is 32.2. The molecular weight excluding hydrogens is 412 g/mol. The minimum atomic E-state index is -0.252. The second kappa shape index (κ2) is 10.1. The zero-order valence-corrected chi connectivity index (χ0v) is 18.4. The van der Waals surface area contributed by atoms with Crippen molar-refractivity contribution < 1.29 is 19.1 Å². The second-order valence-corrected chi connectivity index (χ2v) is 8.38. The number of hydrogen-bond donors (Lipinski definition) is 0. The van der Waals surface area contributed by atoms with Crippen LogP contribution < -0.4 is 4.74 Å². The third kappa shape index (κ3) is 4.84. The summed E-state index contributed by atoms with van der Waals surface area (Å²) < 4.78 is 10.9. The largest absolute Gasteiger partial charge is 0.496 e. The predicted molar refractivity (Wildman–Crippen MR) is 122 cm³/mol. The Morgan fingerprint density at radius 1 is 0.935 bits per heavy atom. The van der Waals surface area contributed by atoms with E-state index in [4.69, 9.17) is 9.47 Å². The molecule has 0 atom stereocenters. The topological polar surface area (TPSA) is 59.1 Å². The van der Waals surface area contributed by atoms with Gasteiger partial charge in [0.2, 0.25) is 0 Å². The normalized spacial score (nSPS) is 17.5. The van der Waals surface area contributed by atoms with Crippen LogP contribution in [0.5, 0.6) is 5.75 Å². The molecule has 2 aromatic rings. The molecule has 0 aromatic heterocycles. The lowest BCUT2D eigenvalue weighted by molar-refractivity contribution is -0.136. The van der Waals surface area contributed by atoms with Crippen molar-refractivity contribution in [2.45, 2.75) is 5.75 Å². The van der Waals surface area contributed by atoms with Gasteiger partial charge in [-0.05, 0) is 11.6 Å². The van der Waals surface area contributed by atoms with Crippen LogP contribution >= 0.6 is 11.8 Å². The van der Waals surface area contributed by atoms with Crippen molar-refractivity contribution in [2.75, 3.05) is 46.5 Å². The predicted octanol–water partition coefficient (Wildman–Crippen LogP) is 3.04. The number of hydrogen-bond acceptors (Lipinski definition) is 6. The molecule has 2 amide bonds. The minimum Gasteiger partial charge on any atom is -0.496 e. The molecule has 0 unspecified atom stereocenters. The van der Waals surface area contributed by atoms with E-state index in [1.54, 1.807) is 7.11 Å². The Balaban J connectivity index is 1.60. The summed E-state index contributed by atoms with van der Waals surface area (Å²) in [5.41, 5.74) is 2.20. The molecule has 2 heterocycles. The van der Waals surface area contributed by atoms with Gasteiger partial charge < -0.3 is 9.47 Å². The van der Waals surface area contributed by atoms with Gasteiger partial charge in [0.05, 0.1) is 30.8 Å². The highest BCUT2D eigenvalue weighted by Crippen LogP contribution is 2.40. The quantitative estimate of drug-likeness (QED) is 0.591. The first kappa shape index (κ1) is 21.6. The summed E-state index contributed by atoms with van der Waals surface area (Å²) in [6.07, 6.45) is 0. The molecule has 162 valence electrons. The number of imide groups is 1. The van der Waals surface area contributed by atoms with Crippen LogP contribution in [-0.4, -0.2) is 68.1 Å². The Bertz CT molecular complexity index is 971. The van der Waals surface area contributed by atoms with Crippen LogP contribution in [0.15, 0.2) is 59.5 Å². The molecule has 2 aliphatic rings. The van der Waals surface area contributed by atoms with Gasteiger partial charge in [0.1, 0.15) is 5.75 Å². The SMILES string of the molecule is COc1ccccc1C1=C(SCc2ccccc2)C(=O)N(CCN2CCOCC2)C1=O. The molecule has 0 spiro atoms. The van der Waals surface area contributed by atoms with E-state index >= 15 is 0 Å². The zero-order valence-electron chi connectivity index (χ0n) is 17.6. The summed E-state index contributed by atoms with van der Waals surface area (Å²) in [4.78, 5) is 30.8. The van der Waals surface area contributed by atoms with Crippen LogP contribution in [0.2, 0.25) is 0 Å². The van der Waals surface area contributed by atoms with E-state index in [1.165, 1.54) is 16.7 Å². The van der Waals surface area contributed by atoms with Gasteiger partial charge in [-0.25, -0.2) is 0 Å². The van der Waals surface area contributed by atoms with Crippen LogP contribution in [0.1, 0.15) is 11.1 Å².